The van der Waals surface area contributed by atoms with Gasteiger partial charge in [0.25, 0.3) is 0 Å². The Bertz CT molecular complexity index is 1190. The molecule has 4 aromatic rings. The van der Waals surface area contributed by atoms with E-state index in [0.29, 0.717) is 22.7 Å². The molecule has 1 aliphatic heterocycles. The van der Waals surface area contributed by atoms with E-state index in [0.717, 1.165) is 48.7 Å². The summed E-state index contributed by atoms with van der Waals surface area (Å²) in [4.78, 5) is 13.4. The van der Waals surface area contributed by atoms with Crippen molar-refractivity contribution in [1.29, 1.82) is 0 Å². The summed E-state index contributed by atoms with van der Waals surface area (Å²) in [7, 11) is 0. The van der Waals surface area contributed by atoms with Gasteiger partial charge in [0.2, 0.25) is 5.95 Å². The number of piperidine rings is 1. The molecule has 0 amide bonds. The minimum absolute atomic E-state index is 0.377. The normalized spacial score (nSPS) is 15.7. The first-order chi connectivity index (χ1) is 14.6. The van der Waals surface area contributed by atoms with Crippen LogP contribution in [0.5, 0.6) is 0 Å². The zero-order valence-electron chi connectivity index (χ0n) is 16.4. The van der Waals surface area contributed by atoms with Crippen molar-refractivity contribution in [2.45, 2.75) is 25.8 Å². The van der Waals surface area contributed by atoms with Gasteiger partial charge in [0, 0.05) is 25.5 Å². The van der Waals surface area contributed by atoms with E-state index in [1.165, 1.54) is 0 Å². The number of halogens is 1. The lowest BCUT2D eigenvalue weighted by atomic mass is 10.1. The molecule has 5 heterocycles. The van der Waals surface area contributed by atoms with E-state index in [-0.39, 0.29) is 0 Å². The number of hydrogen-bond acceptors (Lipinski definition) is 7. The molecule has 0 aromatic carbocycles. The Morgan fingerprint density at radius 2 is 2.00 bits per heavy atom. The van der Waals surface area contributed by atoms with Crippen LogP contribution in [0.4, 0.5) is 11.6 Å². The summed E-state index contributed by atoms with van der Waals surface area (Å²) < 4.78 is 6.05. The van der Waals surface area contributed by atoms with Crippen LogP contribution in [0.15, 0.2) is 43.0 Å². The Hall–Kier alpha value is -2.62. The molecule has 4 aromatic heterocycles. The van der Waals surface area contributed by atoms with Gasteiger partial charge in [-0.3, -0.25) is 13.4 Å². The Morgan fingerprint density at radius 1 is 1.17 bits per heavy atom. The van der Waals surface area contributed by atoms with E-state index in [1.807, 2.05) is 46.6 Å². The van der Waals surface area contributed by atoms with Crippen molar-refractivity contribution < 1.29 is 0 Å². The highest BCUT2D eigenvalue weighted by molar-refractivity contribution is 7.77. The summed E-state index contributed by atoms with van der Waals surface area (Å²) in [6.07, 6.45) is 9.40. The van der Waals surface area contributed by atoms with Gasteiger partial charge >= 0.3 is 0 Å². The first-order valence-corrected chi connectivity index (χ1v) is 10.6. The summed E-state index contributed by atoms with van der Waals surface area (Å²) in [5.74, 6) is 0.466. The third kappa shape index (κ3) is 3.64. The number of aryl methyl sites for hydroxylation is 1. The van der Waals surface area contributed by atoms with Crippen molar-refractivity contribution >= 4 is 41.7 Å². The summed E-state index contributed by atoms with van der Waals surface area (Å²) in [6.45, 7) is 3.89. The van der Waals surface area contributed by atoms with Crippen molar-refractivity contribution in [3.05, 3.63) is 53.7 Å². The Morgan fingerprint density at radius 3 is 2.83 bits per heavy atom. The minimum Gasteiger partial charge on any atom is -0.321 e. The summed E-state index contributed by atoms with van der Waals surface area (Å²) in [6, 6.07) is 6.21. The fourth-order valence-corrected chi connectivity index (χ4v) is 4.16. The SMILES string of the molecule is Cc1nn(C2CCN(S)CC2)cc1Nc1ncc(Cl)c(-c2cnc3ccccn23)n1. The molecule has 0 bridgehead atoms. The molecule has 30 heavy (non-hydrogen) atoms. The Labute approximate surface area is 184 Å². The van der Waals surface area contributed by atoms with Gasteiger partial charge in [0.1, 0.15) is 11.3 Å². The number of pyridine rings is 1. The summed E-state index contributed by atoms with van der Waals surface area (Å²) in [5.41, 5.74) is 4.06. The monoisotopic (exact) mass is 440 g/mol. The van der Waals surface area contributed by atoms with Crippen molar-refractivity contribution in [1.82, 2.24) is 33.4 Å². The van der Waals surface area contributed by atoms with Crippen LogP contribution < -0.4 is 5.32 Å². The van der Waals surface area contributed by atoms with E-state index < -0.39 is 0 Å². The van der Waals surface area contributed by atoms with Crippen molar-refractivity contribution in [3.8, 4) is 11.4 Å². The zero-order chi connectivity index (χ0) is 20.7. The molecular weight excluding hydrogens is 420 g/mol. The number of hydrogen-bond donors (Lipinski definition) is 2. The van der Waals surface area contributed by atoms with Gasteiger partial charge in [-0.2, -0.15) is 5.10 Å². The molecule has 1 fully saturated rings. The maximum absolute atomic E-state index is 6.42. The first-order valence-electron chi connectivity index (χ1n) is 9.80. The van der Waals surface area contributed by atoms with Gasteiger partial charge in [-0.1, -0.05) is 30.5 Å². The van der Waals surface area contributed by atoms with Gasteiger partial charge in [-0.15, -0.1) is 0 Å². The second kappa shape index (κ2) is 7.90. The molecule has 1 N–H and O–H groups in total. The van der Waals surface area contributed by atoms with Gasteiger partial charge in [-0.05, 0) is 31.9 Å². The Balaban J connectivity index is 1.43. The molecular formula is C20H21ClN8S. The fourth-order valence-electron chi connectivity index (χ4n) is 3.74. The molecule has 0 atom stereocenters. The first kappa shape index (κ1) is 19.3. The number of rotatable bonds is 4. The maximum Gasteiger partial charge on any atom is 0.227 e. The van der Waals surface area contributed by atoms with E-state index in [1.54, 1.807) is 12.4 Å². The molecule has 5 rings (SSSR count). The number of imidazole rings is 1. The van der Waals surface area contributed by atoms with Gasteiger partial charge < -0.3 is 5.32 Å². The molecule has 0 radical (unpaired) electrons. The molecule has 154 valence electrons. The van der Waals surface area contributed by atoms with Gasteiger partial charge in [-0.25, -0.2) is 15.0 Å². The number of fused-ring (bicyclic) bond motifs is 1. The molecule has 8 nitrogen and oxygen atoms in total. The van der Waals surface area contributed by atoms with E-state index in [4.69, 9.17) is 16.7 Å². The maximum atomic E-state index is 6.42. The van der Waals surface area contributed by atoms with Crippen LogP contribution in [0.25, 0.3) is 17.0 Å². The number of nitrogens with one attached hydrogen (secondary N) is 1. The third-order valence-electron chi connectivity index (χ3n) is 5.38. The van der Waals surface area contributed by atoms with E-state index in [9.17, 15) is 0 Å². The van der Waals surface area contributed by atoms with Crippen LogP contribution in [0.3, 0.4) is 0 Å². The summed E-state index contributed by atoms with van der Waals surface area (Å²) in [5, 5.41) is 8.47. The van der Waals surface area contributed by atoms with Crippen LogP contribution in [0, 0.1) is 6.92 Å². The average molecular weight is 441 g/mol. The second-order valence-corrected chi connectivity index (χ2v) is 8.35. The van der Waals surface area contributed by atoms with Crippen LogP contribution in [0.1, 0.15) is 24.6 Å². The summed E-state index contributed by atoms with van der Waals surface area (Å²) >= 11 is 10.8. The number of nitrogens with zero attached hydrogens (tertiary/aromatic N) is 7. The fraction of sp³-hybridized carbons (Fsp3) is 0.300. The topological polar surface area (TPSA) is 76.2 Å². The van der Waals surface area contributed by atoms with Crippen LogP contribution >= 0.6 is 24.4 Å². The molecule has 0 aliphatic carbocycles. The smallest absolute Gasteiger partial charge is 0.227 e. The van der Waals surface area contributed by atoms with Crippen molar-refractivity contribution in [2.24, 2.45) is 0 Å². The number of anilines is 2. The lowest BCUT2D eigenvalue weighted by Crippen LogP contribution is -2.28. The highest BCUT2D eigenvalue weighted by Gasteiger charge is 2.21. The van der Waals surface area contributed by atoms with Crippen LogP contribution in [-0.2, 0) is 0 Å². The number of thiol groups is 1. The molecule has 0 saturated carbocycles. The minimum atomic E-state index is 0.377. The Kier molecular flexibility index (Phi) is 5.10. The standard InChI is InChI=1S/C20H21ClN8S/c1-13-16(12-29(26-13)14-5-8-27(30)9-6-14)24-20-23-10-15(21)19(25-20)17-11-22-18-4-2-3-7-28(17)18/h2-4,7,10-12,14,30H,5-6,8-9H2,1H3,(H,23,24,25). The van der Waals surface area contributed by atoms with Gasteiger partial charge in [0.15, 0.2) is 0 Å². The lowest BCUT2D eigenvalue weighted by molar-refractivity contribution is 0.277. The third-order valence-corrected chi connectivity index (χ3v) is 6.06. The predicted octanol–water partition coefficient (Wildman–Crippen LogP) is 4.17. The quantitative estimate of drug-likeness (QED) is 0.464. The highest BCUT2D eigenvalue weighted by atomic mass is 35.5. The molecule has 1 aliphatic rings. The van der Waals surface area contributed by atoms with E-state index >= 15 is 0 Å². The molecule has 0 spiro atoms. The van der Waals surface area contributed by atoms with Crippen LogP contribution in [0.2, 0.25) is 5.02 Å². The van der Waals surface area contributed by atoms with Crippen LogP contribution in [-0.4, -0.2) is 46.5 Å². The lowest BCUT2D eigenvalue weighted by Gasteiger charge is -2.28. The average Bonchev–Trinajstić information content (AvgIpc) is 3.34. The van der Waals surface area contributed by atoms with E-state index in [2.05, 4.69) is 37.4 Å². The molecule has 10 heteroatoms. The van der Waals surface area contributed by atoms with Crippen molar-refractivity contribution in [3.63, 3.8) is 0 Å². The second-order valence-electron chi connectivity index (χ2n) is 7.38. The van der Waals surface area contributed by atoms with Gasteiger partial charge in [0.05, 0.1) is 40.5 Å². The highest BCUT2D eigenvalue weighted by Crippen LogP contribution is 2.29. The molecule has 0 unspecified atom stereocenters. The molecule has 1 saturated heterocycles. The van der Waals surface area contributed by atoms with Crippen molar-refractivity contribution in [2.75, 3.05) is 18.4 Å². The largest absolute Gasteiger partial charge is 0.321 e. The predicted molar refractivity (Wildman–Crippen MR) is 120 cm³/mol. The number of aromatic nitrogens is 6. The zero-order valence-corrected chi connectivity index (χ0v) is 18.1.